The van der Waals surface area contributed by atoms with E-state index in [9.17, 15) is 13.2 Å². The van der Waals surface area contributed by atoms with Gasteiger partial charge in [-0.2, -0.15) is 13.2 Å². The molecule has 0 spiro atoms. The van der Waals surface area contributed by atoms with Crippen molar-refractivity contribution in [2.24, 2.45) is 0 Å². The Labute approximate surface area is 217 Å². The molecule has 1 aromatic carbocycles. The van der Waals surface area contributed by atoms with Crippen molar-refractivity contribution in [1.29, 1.82) is 0 Å². The minimum atomic E-state index is -4.67. The van der Waals surface area contributed by atoms with Crippen LogP contribution in [0.25, 0.3) is 17.1 Å². The van der Waals surface area contributed by atoms with Gasteiger partial charge >= 0.3 is 6.18 Å². The number of alkyl halides is 3. The van der Waals surface area contributed by atoms with Crippen LogP contribution in [0.1, 0.15) is 36.2 Å². The lowest BCUT2D eigenvalue weighted by Crippen LogP contribution is -2.36. The van der Waals surface area contributed by atoms with E-state index in [1.807, 2.05) is 12.3 Å². The van der Waals surface area contributed by atoms with E-state index in [4.69, 9.17) is 0 Å². The Morgan fingerprint density at radius 1 is 1.11 bits per heavy atom. The summed E-state index contributed by atoms with van der Waals surface area (Å²) >= 11 is 1.68. The van der Waals surface area contributed by atoms with Crippen LogP contribution in [0.15, 0.2) is 30.6 Å². The molecular formula is C25H29F4N7S. The highest BCUT2D eigenvalue weighted by molar-refractivity contribution is 7.96. The Hall–Kier alpha value is -2.70. The van der Waals surface area contributed by atoms with E-state index in [0.717, 1.165) is 57.2 Å². The first kappa shape index (κ1) is 25.9. The summed E-state index contributed by atoms with van der Waals surface area (Å²) in [5.74, 6) is 0.0251. The Bertz CT molecular complexity index is 1250. The lowest BCUT2D eigenvalue weighted by Gasteiger charge is -2.30. The molecule has 2 aliphatic heterocycles. The number of likely N-dealkylation sites (tertiary alicyclic amines) is 1. The van der Waals surface area contributed by atoms with Crippen molar-refractivity contribution in [2.45, 2.75) is 44.9 Å². The molecule has 2 saturated heterocycles. The quantitative estimate of drug-likeness (QED) is 0.331. The van der Waals surface area contributed by atoms with Crippen molar-refractivity contribution in [2.75, 3.05) is 37.8 Å². The van der Waals surface area contributed by atoms with Gasteiger partial charge < -0.3 is 9.88 Å². The summed E-state index contributed by atoms with van der Waals surface area (Å²) in [6, 6.07) is 5.02. The topological polar surface area (TPSA) is 62.1 Å². The van der Waals surface area contributed by atoms with Crippen LogP contribution in [-0.2, 0) is 12.7 Å². The van der Waals surface area contributed by atoms with Crippen LogP contribution in [0.3, 0.4) is 0 Å². The van der Waals surface area contributed by atoms with Gasteiger partial charge in [-0.3, -0.25) is 9.21 Å². The van der Waals surface area contributed by atoms with Gasteiger partial charge in [-0.1, -0.05) is 18.0 Å². The van der Waals surface area contributed by atoms with Crippen LogP contribution >= 0.6 is 11.9 Å². The number of nitrogens with zero attached hydrogens (tertiary/aromatic N) is 6. The fraction of sp³-hybridized carbons (Fsp3) is 0.480. The van der Waals surface area contributed by atoms with Crippen molar-refractivity contribution in [3.8, 4) is 17.1 Å². The lowest BCUT2D eigenvalue weighted by atomic mass is 10.1. The highest BCUT2D eigenvalue weighted by Crippen LogP contribution is 2.36. The number of halogens is 4. The number of rotatable bonds is 7. The van der Waals surface area contributed by atoms with Gasteiger partial charge in [0.1, 0.15) is 28.6 Å². The molecule has 0 atom stereocenters. The number of piperidine rings is 1. The summed E-state index contributed by atoms with van der Waals surface area (Å²) in [4.78, 5) is 14.7. The van der Waals surface area contributed by atoms with Crippen molar-refractivity contribution in [3.05, 3.63) is 53.4 Å². The van der Waals surface area contributed by atoms with Gasteiger partial charge in [-0.25, -0.2) is 19.3 Å². The number of anilines is 1. The maximum atomic E-state index is 15.1. The summed E-state index contributed by atoms with van der Waals surface area (Å²) in [7, 11) is 0. The molecule has 7 nitrogen and oxygen atoms in total. The van der Waals surface area contributed by atoms with Gasteiger partial charge in [0.2, 0.25) is 5.95 Å². The third-order valence-electron chi connectivity index (χ3n) is 6.89. The summed E-state index contributed by atoms with van der Waals surface area (Å²) in [5.41, 5.74) is -0.219. The SMILES string of the molecule is CSN1CCC(Nc2ncc(C(F)(F)F)c(-c3cn(-c4ccc(CN5CCC5)cc4F)c(C)n3)n2)CC1. The molecule has 1 N–H and O–H groups in total. The third-order valence-corrected chi connectivity index (χ3v) is 7.77. The number of aryl methyl sites for hydroxylation is 1. The van der Waals surface area contributed by atoms with Crippen LogP contribution in [0.5, 0.6) is 0 Å². The molecule has 2 aliphatic rings. The molecule has 198 valence electrons. The smallest absolute Gasteiger partial charge is 0.351 e. The van der Waals surface area contributed by atoms with Gasteiger partial charge in [0.15, 0.2) is 0 Å². The zero-order valence-electron chi connectivity index (χ0n) is 20.7. The first-order valence-corrected chi connectivity index (χ1v) is 13.5. The molecule has 4 heterocycles. The first-order chi connectivity index (χ1) is 17.7. The molecule has 2 fully saturated rings. The fourth-order valence-corrected chi connectivity index (χ4v) is 5.27. The van der Waals surface area contributed by atoms with Crippen LogP contribution < -0.4 is 5.32 Å². The molecule has 0 saturated carbocycles. The van der Waals surface area contributed by atoms with E-state index in [-0.39, 0.29) is 29.1 Å². The van der Waals surface area contributed by atoms with Crippen LogP contribution in [0.2, 0.25) is 0 Å². The van der Waals surface area contributed by atoms with Crippen molar-refractivity contribution in [1.82, 2.24) is 28.7 Å². The fourth-order valence-electron chi connectivity index (χ4n) is 4.69. The number of benzene rings is 1. The molecule has 0 aliphatic carbocycles. The maximum Gasteiger partial charge on any atom is 0.420 e. The predicted molar refractivity (Wildman–Crippen MR) is 136 cm³/mol. The minimum Gasteiger partial charge on any atom is -0.351 e. The van der Waals surface area contributed by atoms with E-state index >= 15 is 4.39 Å². The van der Waals surface area contributed by atoms with Crippen molar-refractivity contribution < 1.29 is 17.6 Å². The summed E-state index contributed by atoms with van der Waals surface area (Å²) in [6.07, 6.45) is 2.37. The van der Waals surface area contributed by atoms with E-state index in [1.165, 1.54) is 16.8 Å². The molecule has 12 heteroatoms. The van der Waals surface area contributed by atoms with Gasteiger partial charge in [0.05, 0.1) is 5.69 Å². The molecule has 37 heavy (non-hydrogen) atoms. The van der Waals surface area contributed by atoms with E-state index < -0.39 is 17.6 Å². The van der Waals surface area contributed by atoms with Gasteiger partial charge in [0.25, 0.3) is 0 Å². The Morgan fingerprint density at radius 3 is 2.49 bits per heavy atom. The van der Waals surface area contributed by atoms with E-state index in [2.05, 4.69) is 29.5 Å². The molecule has 0 bridgehead atoms. The number of hydrogen-bond donors (Lipinski definition) is 1. The van der Waals surface area contributed by atoms with Gasteiger partial charge in [-0.05, 0) is 63.2 Å². The monoisotopic (exact) mass is 535 g/mol. The normalized spacial score (nSPS) is 17.7. The average Bonchev–Trinajstić information content (AvgIpc) is 3.22. The number of aromatic nitrogens is 4. The Morgan fingerprint density at radius 2 is 1.86 bits per heavy atom. The predicted octanol–water partition coefficient (Wildman–Crippen LogP) is 5.16. The first-order valence-electron chi connectivity index (χ1n) is 12.3. The third kappa shape index (κ3) is 5.75. The van der Waals surface area contributed by atoms with E-state index in [0.29, 0.717) is 12.4 Å². The highest BCUT2D eigenvalue weighted by Gasteiger charge is 2.36. The zero-order valence-corrected chi connectivity index (χ0v) is 21.5. The molecule has 3 aromatic rings. The van der Waals surface area contributed by atoms with Crippen LogP contribution in [0.4, 0.5) is 23.5 Å². The molecular weight excluding hydrogens is 506 g/mol. The average molecular weight is 536 g/mol. The zero-order chi connectivity index (χ0) is 26.2. The van der Waals surface area contributed by atoms with Crippen molar-refractivity contribution in [3.63, 3.8) is 0 Å². The highest BCUT2D eigenvalue weighted by atomic mass is 32.2. The standard InChI is InChI=1S/C25H29F4N7S/c1-16-31-21(15-36(16)22-5-4-17(12-20(22)26)14-34-8-3-9-34)23-19(25(27,28)29)13-30-24(33-23)32-18-6-10-35(37-2)11-7-18/h4-5,12-13,15,18H,3,6-11,14H2,1-2H3,(H,30,32,33). The van der Waals surface area contributed by atoms with E-state index in [1.54, 1.807) is 24.9 Å². The molecule has 0 amide bonds. The van der Waals surface area contributed by atoms with Crippen LogP contribution in [-0.4, -0.2) is 67.2 Å². The number of imidazole rings is 1. The number of nitrogens with one attached hydrogen (secondary N) is 1. The van der Waals surface area contributed by atoms with Gasteiger partial charge in [0, 0.05) is 38.1 Å². The second kappa shape index (κ2) is 10.6. The Kier molecular flexibility index (Phi) is 7.42. The number of hydrogen-bond acceptors (Lipinski definition) is 7. The van der Waals surface area contributed by atoms with Gasteiger partial charge in [-0.15, -0.1) is 0 Å². The molecule has 0 unspecified atom stereocenters. The second-order valence-electron chi connectivity index (χ2n) is 9.44. The molecule has 5 rings (SSSR count). The summed E-state index contributed by atoms with van der Waals surface area (Å²) in [6.45, 7) is 6.05. The second-order valence-corrected chi connectivity index (χ2v) is 10.3. The minimum absolute atomic E-state index is 0.0107. The summed E-state index contributed by atoms with van der Waals surface area (Å²) < 4.78 is 60.4. The lowest BCUT2D eigenvalue weighted by molar-refractivity contribution is -0.137. The molecule has 2 aromatic heterocycles. The van der Waals surface area contributed by atoms with Crippen molar-refractivity contribution >= 4 is 17.9 Å². The maximum absolute atomic E-state index is 15.1. The van der Waals surface area contributed by atoms with Crippen LogP contribution in [0, 0.1) is 12.7 Å². The Balaban J connectivity index is 1.43. The molecule has 0 radical (unpaired) electrons. The largest absolute Gasteiger partial charge is 0.420 e. The summed E-state index contributed by atoms with van der Waals surface area (Å²) in [5, 5.41) is 3.18.